The minimum Gasteiger partial charge on any atom is -0.370 e. The molecule has 0 aliphatic rings. The average Bonchev–Trinajstić information content (AvgIpc) is 2.81. The second kappa shape index (κ2) is 6.25. The summed E-state index contributed by atoms with van der Waals surface area (Å²) in [6, 6.07) is 1.45. The number of rotatable bonds is 5. The van der Waals surface area contributed by atoms with Crippen LogP contribution in [0, 0.1) is 6.92 Å². The third-order valence-corrected chi connectivity index (χ3v) is 3.36. The van der Waals surface area contributed by atoms with Crippen LogP contribution in [0.5, 0.6) is 0 Å². The van der Waals surface area contributed by atoms with Crippen molar-refractivity contribution in [3.63, 3.8) is 0 Å². The van der Waals surface area contributed by atoms with Crippen LogP contribution in [0.1, 0.15) is 22.6 Å². The van der Waals surface area contributed by atoms with Crippen molar-refractivity contribution in [1.29, 1.82) is 0 Å². The molecule has 0 unspecified atom stereocenters. The Morgan fingerprint density at radius 1 is 1.19 bits per heavy atom. The molecule has 21 heavy (non-hydrogen) atoms. The van der Waals surface area contributed by atoms with E-state index in [1.165, 1.54) is 17.4 Å². The first-order valence-corrected chi connectivity index (χ1v) is 7.05. The van der Waals surface area contributed by atoms with E-state index >= 15 is 0 Å². The van der Waals surface area contributed by atoms with Gasteiger partial charge in [0.15, 0.2) is 0 Å². The van der Waals surface area contributed by atoms with Gasteiger partial charge in [0.25, 0.3) is 0 Å². The molecule has 0 bridgehead atoms. The molecule has 0 atom stereocenters. The van der Waals surface area contributed by atoms with Gasteiger partial charge in [-0.1, -0.05) is 0 Å². The van der Waals surface area contributed by atoms with Crippen LogP contribution >= 0.6 is 11.3 Å². The van der Waals surface area contributed by atoms with Crippen LogP contribution in [-0.2, 0) is 12.7 Å². The van der Waals surface area contributed by atoms with Crippen molar-refractivity contribution in [1.82, 2.24) is 15.0 Å². The molecular weight excluding hydrogens is 303 g/mol. The first-order chi connectivity index (χ1) is 9.88. The third kappa shape index (κ3) is 4.28. The van der Waals surface area contributed by atoms with Gasteiger partial charge in [0.05, 0.1) is 11.6 Å². The fourth-order valence-electron chi connectivity index (χ4n) is 1.60. The van der Waals surface area contributed by atoms with E-state index in [0.717, 1.165) is 9.88 Å². The average molecular weight is 317 g/mol. The van der Waals surface area contributed by atoms with E-state index in [1.807, 2.05) is 6.92 Å². The Kier molecular flexibility index (Phi) is 4.61. The Morgan fingerprint density at radius 3 is 2.38 bits per heavy atom. The summed E-state index contributed by atoms with van der Waals surface area (Å²) in [5.41, 5.74) is 0. The van der Waals surface area contributed by atoms with Crippen molar-refractivity contribution >= 4 is 23.0 Å². The van der Waals surface area contributed by atoms with E-state index in [0.29, 0.717) is 13.1 Å². The Labute approximate surface area is 123 Å². The number of hydrogen-bond acceptors (Lipinski definition) is 6. The lowest BCUT2D eigenvalue weighted by molar-refractivity contribution is -0.144. The zero-order valence-corrected chi connectivity index (χ0v) is 12.3. The second-order valence-electron chi connectivity index (χ2n) is 4.19. The monoisotopic (exact) mass is 317 g/mol. The van der Waals surface area contributed by atoms with Gasteiger partial charge < -0.3 is 10.6 Å². The first-order valence-electron chi connectivity index (χ1n) is 6.24. The van der Waals surface area contributed by atoms with E-state index in [2.05, 4.69) is 25.6 Å². The number of anilines is 2. The zero-order chi connectivity index (χ0) is 15.5. The minimum absolute atomic E-state index is 0.124. The Morgan fingerprint density at radius 2 is 1.86 bits per heavy atom. The molecule has 2 aromatic rings. The van der Waals surface area contributed by atoms with Crippen LogP contribution in [0.4, 0.5) is 24.8 Å². The summed E-state index contributed by atoms with van der Waals surface area (Å²) in [7, 11) is 0. The molecular formula is C12H14F3N5S. The molecule has 0 aliphatic carbocycles. The summed E-state index contributed by atoms with van der Waals surface area (Å²) in [5, 5.41) is 6.53. The molecule has 2 aromatic heterocycles. The Bertz CT molecular complexity index is 611. The van der Waals surface area contributed by atoms with Gasteiger partial charge in [-0.3, -0.25) is 0 Å². The second-order valence-corrected chi connectivity index (χ2v) is 5.51. The lowest BCUT2D eigenvalue weighted by atomic mass is 10.4. The number of thiazole rings is 1. The number of nitrogens with one attached hydrogen (secondary N) is 2. The molecule has 0 radical (unpaired) electrons. The quantitative estimate of drug-likeness (QED) is 0.886. The molecule has 0 aromatic carbocycles. The molecule has 2 heterocycles. The van der Waals surface area contributed by atoms with Gasteiger partial charge in [-0.25, -0.2) is 15.0 Å². The van der Waals surface area contributed by atoms with E-state index in [4.69, 9.17) is 0 Å². The van der Waals surface area contributed by atoms with Crippen LogP contribution in [0.3, 0.4) is 0 Å². The predicted molar refractivity (Wildman–Crippen MR) is 75.4 cm³/mol. The standard InChI is InChI=1S/C12H14F3N5S/c1-3-16-9-4-10(20-11(19-9)12(13,14)15)18-6-8-5-17-7(2)21-8/h4-5H,3,6H2,1-2H3,(H2,16,18,19,20). The van der Waals surface area contributed by atoms with Gasteiger partial charge in [0.1, 0.15) is 11.6 Å². The lowest BCUT2D eigenvalue weighted by Gasteiger charge is -2.11. The van der Waals surface area contributed by atoms with Crippen LogP contribution in [-0.4, -0.2) is 21.5 Å². The van der Waals surface area contributed by atoms with E-state index in [1.54, 1.807) is 13.1 Å². The number of hydrogen-bond donors (Lipinski definition) is 2. The van der Waals surface area contributed by atoms with Crippen molar-refractivity contribution in [3.8, 4) is 0 Å². The summed E-state index contributed by atoms with van der Waals surface area (Å²) < 4.78 is 38.3. The normalized spacial score (nSPS) is 11.5. The first kappa shape index (κ1) is 15.5. The van der Waals surface area contributed by atoms with E-state index < -0.39 is 12.0 Å². The molecule has 9 heteroatoms. The topological polar surface area (TPSA) is 62.7 Å². The highest BCUT2D eigenvalue weighted by atomic mass is 32.1. The summed E-state index contributed by atoms with van der Waals surface area (Å²) in [6.45, 7) is 4.49. The zero-order valence-electron chi connectivity index (χ0n) is 11.5. The van der Waals surface area contributed by atoms with Crippen LogP contribution in [0.15, 0.2) is 12.3 Å². The Balaban J connectivity index is 2.19. The molecule has 0 saturated heterocycles. The van der Waals surface area contributed by atoms with Crippen molar-refractivity contribution in [3.05, 3.63) is 28.0 Å². The van der Waals surface area contributed by atoms with E-state index in [-0.39, 0.29) is 11.6 Å². The number of alkyl halides is 3. The summed E-state index contributed by atoms with van der Waals surface area (Å²) in [4.78, 5) is 12.0. The molecule has 2 N–H and O–H groups in total. The molecule has 0 spiro atoms. The fourth-order valence-corrected chi connectivity index (χ4v) is 2.34. The summed E-state index contributed by atoms with van der Waals surface area (Å²) in [5.74, 6) is -0.897. The van der Waals surface area contributed by atoms with Gasteiger partial charge in [0, 0.05) is 23.7 Å². The van der Waals surface area contributed by atoms with Crippen molar-refractivity contribution < 1.29 is 13.2 Å². The third-order valence-electron chi connectivity index (χ3n) is 2.45. The molecule has 5 nitrogen and oxygen atoms in total. The van der Waals surface area contributed by atoms with Gasteiger partial charge in [0.2, 0.25) is 5.82 Å². The van der Waals surface area contributed by atoms with Crippen LogP contribution in [0.2, 0.25) is 0 Å². The molecule has 0 aliphatic heterocycles. The highest BCUT2D eigenvalue weighted by Crippen LogP contribution is 2.28. The number of halogens is 3. The number of aryl methyl sites for hydroxylation is 1. The van der Waals surface area contributed by atoms with Crippen LogP contribution in [0.25, 0.3) is 0 Å². The highest BCUT2D eigenvalue weighted by Gasteiger charge is 2.35. The van der Waals surface area contributed by atoms with Gasteiger partial charge >= 0.3 is 6.18 Å². The maximum Gasteiger partial charge on any atom is 0.451 e. The molecule has 114 valence electrons. The fraction of sp³-hybridized carbons (Fsp3) is 0.417. The maximum atomic E-state index is 12.8. The minimum atomic E-state index is -4.58. The van der Waals surface area contributed by atoms with Crippen molar-refractivity contribution in [2.75, 3.05) is 17.2 Å². The number of aromatic nitrogens is 3. The summed E-state index contributed by atoms with van der Waals surface area (Å²) >= 11 is 1.48. The molecule has 2 rings (SSSR count). The molecule has 0 fully saturated rings. The predicted octanol–water partition coefficient (Wildman–Crippen LogP) is 3.30. The van der Waals surface area contributed by atoms with Crippen molar-refractivity contribution in [2.45, 2.75) is 26.6 Å². The SMILES string of the molecule is CCNc1cc(NCc2cnc(C)s2)nc(C(F)(F)F)n1. The number of nitrogens with zero attached hydrogens (tertiary/aromatic N) is 3. The maximum absolute atomic E-state index is 12.8. The van der Waals surface area contributed by atoms with E-state index in [9.17, 15) is 13.2 Å². The lowest BCUT2D eigenvalue weighted by Crippen LogP contribution is -2.15. The van der Waals surface area contributed by atoms with Gasteiger partial charge in [-0.05, 0) is 13.8 Å². The summed E-state index contributed by atoms with van der Waals surface area (Å²) in [6.07, 6.45) is -2.90. The highest BCUT2D eigenvalue weighted by molar-refractivity contribution is 7.11. The van der Waals surface area contributed by atoms with Crippen LogP contribution < -0.4 is 10.6 Å². The largest absolute Gasteiger partial charge is 0.451 e. The smallest absolute Gasteiger partial charge is 0.370 e. The van der Waals surface area contributed by atoms with Gasteiger partial charge in [-0.15, -0.1) is 11.3 Å². The molecule has 0 saturated carbocycles. The van der Waals surface area contributed by atoms with Crippen molar-refractivity contribution in [2.24, 2.45) is 0 Å². The van der Waals surface area contributed by atoms with Gasteiger partial charge in [-0.2, -0.15) is 13.2 Å². The Hall–Kier alpha value is -1.90. The molecule has 0 amide bonds.